The predicted octanol–water partition coefficient (Wildman–Crippen LogP) is -0.844. The number of H-pyrrole nitrogens is 1. The van der Waals surface area contributed by atoms with E-state index in [-0.39, 0.29) is 0 Å². The lowest BCUT2D eigenvalue weighted by atomic mass is 10.4. The molecular formula is C4H9N5S. The van der Waals surface area contributed by atoms with Crippen molar-refractivity contribution in [1.29, 1.82) is 0 Å². The number of nitrogen functional groups attached to an aromatic ring is 1. The number of nitrogens with zero attached hydrogens (tertiary/aromatic N) is 2. The summed E-state index contributed by atoms with van der Waals surface area (Å²) in [5.41, 5.74) is 5.28. The van der Waals surface area contributed by atoms with Crippen LogP contribution >= 0.6 is 12.2 Å². The third kappa shape index (κ3) is 1.17. The van der Waals surface area contributed by atoms with Crippen LogP contribution in [0.25, 0.3) is 0 Å². The normalized spacial score (nSPS) is 10.1. The molecule has 0 aliphatic rings. The minimum atomic E-state index is 0.420. The third-order valence-corrected chi connectivity index (χ3v) is 1.43. The molecule has 1 rings (SSSR count). The van der Waals surface area contributed by atoms with Gasteiger partial charge in [-0.15, -0.1) is 0 Å². The first-order valence-corrected chi connectivity index (χ1v) is 3.28. The number of aromatic nitrogens is 3. The molecule has 5 N–H and O–H groups in total. The van der Waals surface area contributed by atoms with Crippen molar-refractivity contribution in [2.24, 2.45) is 5.73 Å². The van der Waals surface area contributed by atoms with Crippen LogP contribution in [-0.2, 0) is 6.42 Å². The van der Waals surface area contributed by atoms with Crippen LogP contribution in [0.4, 0.5) is 0 Å². The minimum absolute atomic E-state index is 0.420. The van der Waals surface area contributed by atoms with Crippen molar-refractivity contribution >= 4 is 12.2 Å². The fourth-order valence-corrected chi connectivity index (χ4v) is 0.794. The Kier molecular flexibility index (Phi) is 2.03. The van der Waals surface area contributed by atoms with E-state index in [9.17, 15) is 0 Å². The molecule has 5 nitrogen and oxygen atoms in total. The topological polar surface area (TPSA) is 85.6 Å². The number of hydrogen-bond donors (Lipinski definition) is 3. The van der Waals surface area contributed by atoms with Crippen LogP contribution in [0, 0.1) is 4.77 Å². The summed E-state index contributed by atoms with van der Waals surface area (Å²) in [6.45, 7) is 0.525. The van der Waals surface area contributed by atoms with Crippen molar-refractivity contribution in [3.8, 4) is 0 Å². The summed E-state index contributed by atoms with van der Waals surface area (Å²) in [7, 11) is 0. The smallest absolute Gasteiger partial charge is 0.214 e. The van der Waals surface area contributed by atoms with E-state index in [1.54, 1.807) is 0 Å². The van der Waals surface area contributed by atoms with E-state index in [0.717, 1.165) is 0 Å². The van der Waals surface area contributed by atoms with E-state index in [4.69, 9.17) is 23.8 Å². The molecule has 0 aliphatic heterocycles. The highest BCUT2D eigenvalue weighted by molar-refractivity contribution is 7.71. The highest BCUT2D eigenvalue weighted by Gasteiger charge is 1.99. The highest BCUT2D eigenvalue weighted by atomic mass is 32.1. The van der Waals surface area contributed by atoms with Crippen molar-refractivity contribution in [1.82, 2.24) is 14.9 Å². The lowest BCUT2D eigenvalue weighted by Crippen LogP contribution is -2.16. The van der Waals surface area contributed by atoms with Gasteiger partial charge in [-0.1, -0.05) is 0 Å². The van der Waals surface area contributed by atoms with Crippen LogP contribution in [0.5, 0.6) is 0 Å². The Bertz CT molecular complexity index is 261. The standard InChI is InChI=1S/C4H9N5S/c5-2-1-3-7-8-4(10)9(3)6/h1-2,5-6H2,(H,8,10). The van der Waals surface area contributed by atoms with Crippen molar-refractivity contribution in [2.45, 2.75) is 6.42 Å². The van der Waals surface area contributed by atoms with Gasteiger partial charge in [-0.2, -0.15) is 5.10 Å². The van der Waals surface area contributed by atoms with Crippen LogP contribution in [0.2, 0.25) is 0 Å². The summed E-state index contributed by atoms with van der Waals surface area (Å²) in [4.78, 5) is 0. The number of aromatic amines is 1. The summed E-state index contributed by atoms with van der Waals surface area (Å²) in [6, 6.07) is 0. The second-order valence-electron chi connectivity index (χ2n) is 1.85. The van der Waals surface area contributed by atoms with Gasteiger partial charge in [0, 0.05) is 6.42 Å². The van der Waals surface area contributed by atoms with Crippen molar-refractivity contribution in [3.63, 3.8) is 0 Å². The minimum Gasteiger partial charge on any atom is -0.335 e. The maximum atomic E-state index is 5.45. The van der Waals surface area contributed by atoms with Gasteiger partial charge in [0.05, 0.1) is 0 Å². The second-order valence-corrected chi connectivity index (χ2v) is 2.24. The van der Waals surface area contributed by atoms with Gasteiger partial charge in [0.1, 0.15) is 0 Å². The van der Waals surface area contributed by atoms with Crippen LogP contribution in [-0.4, -0.2) is 21.4 Å². The van der Waals surface area contributed by atoms with Crippen molar-refractivity contribution in [2.75, 3.05) is 12.4 Å². The molecule has 0 amide bonds. The second kappa shape index (κ2) is 2.80. The first-order valence-electron chi connectivity index (χ1n) is 2.87. The average Bonchev–Trinajstić information content (AvgIpc) is 2.20. The Morgan fingerprint density at radius 3 is 2.80 bits per heavy atom. The average molecular weight is 159 g/mol. The Morgan fingerprint density at radius 1 is 1.70 bits per heavy atom. The molecule has 10 heavy (non-hydrogen) atoms. The van der Waals surface area contributed by atoms with Gasteiger partial charge in [0.2, 0.25) is 4.77 Å². The summed E-state index contributed by atoms with van der Waals surface area (Å²) in [6.07, 6.45) is 0.642. The summed E-state index contributed by atoms with van der Waals surface area (Å²) < 4.78 is 1.74. The lowest BCUT2D eigenvalue weighted by Gasteiger charge is -1.94. The SMILES string of the molecule is NCCc1n[nH]c(=S)n1N. The quantitative estimate of drug-likeness (QED) is 0.388. The fraction of sp³-hybridized carbons (Fsp3) is 0.500. The molecule has 0 aliphatic carbocycles. The molecule has 0 spiro atoms. The van der Waals surface area contributed by atoms with Crippen molar-refractivity contribution in [3.05, 3.63) is 10.6 Å². The van der Waals surface area contributed by atoms with Crippen LogP contribution in [0.3, 0.4) is 0 Å². The number of hydrogen-bond acceptors (Lipinski definition) is 4. The Morgan fingerprint density at radius 2 is 2.40 bits per heavy atom. The summed E-state index contributed by atoms with van der Waals surface area (Å²) in [5.74, 6) is 6.14. The Hall–Kier alpha value is -0.880. The van der Waals surface area contributed by atoms with Gasteiger partial charge >= 0.3 is 0 Å². The monoisotopic (exact) mass is 159 g/mol. The molecule has 0 saturated heterocycles. The van der Waals surface area contributed by atoms with Gasteiger partial charge in [0.15, 0.2) is 5.82 Å². The molecule has 0 radical (unpaired) electrons. The molecular weight excluding hydrogens is 150 g/mol. The molecule has 0 fully saturated rings. The molecule has 1 aromatic heterocycles. The van der Waals surface area contributed by atoms with Crippen LogP contribution < -0.4 is 11.6 Å². The van der Waals surface area contributed by atoms with Gasteiger partial charge < -0.3 is 11.6 Å². The fourth-order valence-electron chi connectivity index (χ4n) is 0.643. The molecule has 0 bridgehead atoms. The molecule has 1 heterocycles. The predicted molar refractivity (Wildman–Crippen MR) is 40.3 cm³/mol. The van der Waals surface area contributed by atoms with E-state index >= 15 is 0 Å². The molecule has 56 valence electrons. The summed E-state index contributed by atoms with van der Waals surface area (Å²) >= 11 is 4.77. The van der Waals surface area contributed by atoms with Gasteiger partial charge in [0.25, 0.3) is 0 Å². The zero-order valence-corrected chi connectivity index (χ0v) is 6.19. The molecule has 0 aromatic carbocycles. The lowest BCUT2D eigenvalue weighted by molar-refractivity contribution is 0.807. The van der Waals surface area contributed by atoms with E-state index in [1.165, 1.54) is 4.68 Å². The van der Waals surface area contributed by atoms with Gasteiger partial charge in [-0.25, -0.2) is 4.68 Å². The Balaban J connectivity index is 2.94. The van der Waals surface area contributed by atoms with Gasteiger partial charge in [-0.3, -0.25) is 5.10 Å². The van der Waals surface area contributed by atoms with E-state index in [2.05, 4.69) is 10.2 Å². The molecule has 0 unspecified atom stereocenters. The largest absolute Gasteiger partial charge is 0.335 e. The van der Waals surface area contributed by atoms with Crippen LogP contribution in [0.15, 0.2) is 0 Å². The Labute approximate surface area is 63.0 Å². The van der Waals surface area contributed by atoms with Crippen LogP contribution in [0.1, 0.15) is 5.82 Å². The van der Waals surface area contributed by atoms with E-state index < -0.39 is 0 Å². The van der Waals surface area contributed by atoms with E-state index in [1.807, 2.05) is 0 Å². The number of rotatable bonds is 2. The number of nitrogens with one attached hydrogen (secondary N) is 1. The maximum absolute atomic E-state index is 5.45. The maximum Gasteiger partial charge on any atom is 0.214 e. The molecule has 6 heteroatoms. The zero-order chi connectivity index (χ0) is 7.56. The number of nitrogens with two attached hydrogens (primary N) is 2. The highest BCUT2D eigenvalue weighted by Crippen LogP contribution is 1.90. The molecule has 1 aromatic rings. The first-order chi connectivity index (χ1) is 4.75. The van der Waals surface area contributed by atoms with Crippen molar-refractivity contribution < 1.29 is 0 Å². The molecule has 0 saturated carbocycles. The first kappa shape index (κ1) is 7.23. The summed E-state index contributed by atoms with van der Waals surface area (Å²) in [5, 5.41) is 6.40. The molecule has 0 atom stereocenters. The zero-order valence-electron chi connectivity index (χ0n) is 5.37. The third-order valence-electron chi connectivity index (χ3n) is 1.15. The van der Waals surface area contributed by atoms with E-state index in [0.29, 0.717) is 23.6 Å². The van der Waals surface area contributed by atoms with Gasteiger partial charge in [-0.05, 0) is 18.8 Å².